The van der Waals surface area contributed by atoms with E-state index in [1.807, 2.05) is 105 Å². The zero-order chi connectivity index (χ0) is 26.0. The van der Waals surface area contributed by atoms with E-state index in [0.29, 0.717) is 32.9 Å². The van der Waals surface area contributed by atoms with E-state index >= 15 is 0 Å². The summed E-state index contributed by atoms with van der Waals surface area (Å²) in [5, 5.41) is 23.2. The summed E-state index contributed by atoms with van der Waals surface area (Å²) in [4.78, 5) is 2.07. The van der Waals surface area contributed by atoms with Crippen LogP contribution in [0.4, 0.5) is 0 Å². The molecular weight excluding hydrogens is 466 g/mol. The maximum atomic E-state index is 11.6. The van der Waals surface area contributed by atoms with Crippen LogP contribution in [0.1, 0.15) is 30.5 Å². The molecule has 37 heavy (non-hydrogen) atoms. The third-order valence-electron chi connectivity index (χ3n) is 7.11. The minimum atomic E-state index is -0.962. The number of aliphatic hydroxyl groups excluding tert-OH is 2. The highest BCUT2D eigenvalue weighted by Gasteiger charge is 2.53. The molecule has 0 aliphatic heterocycles. The molecule has 1 aliphatic rings. The van der Waals surface area contributed by atoms with Crippen molar-refractivity contribution in [2.45, 2.75) is 70.2 Å². The largest absolute Gasteiger partial charge is 0.389 e. The standard InChI is InChI=1S/C31H39NO5/c1-3-32(4-2)26-27(33)29(35-20-23-14-8-5-9-15-23)31(37-22-25-18-12-7-13-19-25)30(28(26)34)36-21-24-16-10-6-11-17-24/h5-19,26-31,33-34H,3-4,20-22H2,1-2H3/t26?,27-,28+,29+,30-,31?. The third-order valence-corrected chi connectivity index (χ3v) is 7.11. The zero-order valence-corrected chi connectivity index (χ0v) is 21.7. The Kier molecular flexibility index (Phi) is 10.3. The number of benzene rings is 3. The molecule has 4 rings (SSSR count). The number of rotatable bonds is 12. The Morgan fingerprint density at radius 2 is 0.865 bits per heavy atom. The monoisotopic (exact) mass is 505 g/mol. The normalized spacial score (nSPS) is 25.9. The molecule has 0 spiro atoms. The summed E-state index contributed by atoms with van der Waals surface area (Å²) in [5.41, 5.74) is 3.01. The van der Waals surface area contributed by atoms with E-state index in [9.17, 15) is 10.2 Å². The Bertz CT molecular complexity index is 974. The van der Waals surface area contributed by atoms with Gasteiger partial charge in [-0.15, -0.1) is 0 Å². The SMILES string of the molecule is CCN(CC)C1[C@@H](O)[C@H](OCc2ccccc2)C(OCc2ccccc2)[C@H](OCc2ccccc2)[C@H]1O. The molecule has 3 aromatic rings. The Balaban J connectivity index is 1.63. The molecule has 6 nitrogen and oxygen atoms in total. The predicted octanol–water partition coefficient (Wildman–Crippen LogP) is 4.19. The highest BCUT2D eigenvalue weighted by Crippen LogP contribution is 2.33. The highest BCUT2D eigenvalue weighted by molar-refractivity contribution is 5.16. The van der Waals surface area contributed by atoms with Gasteiger partial charge >= 0.3 is 0 Å². The van der Waals surface area contributed by atoms with E-state index in [0.717, 1.165) is 16.7 Å². The summed E-state index contributed by atoms with van der Waals surface area (Å²) in [6.45, 7) is 6.38. The molecule has 1 saturated carbocycles. The van der Waals surface area contributed by atoms with Crippen LogP contribution in [-0.4, -0.2) is 64.8 Å². The Labute approximate surface area is 220 Å². The molecule has 0 bridgehead atoms. The van der Waals surface area contributed by atoms with Gasteiger partial charge in [0.05, 0.1) is 25.9 Å². The molecule has 1 aliphatic carbocycles. The summed E-state index contributed by atoms with van der Waals surface area (Å²) in [6, 6.07) is 29.1. The second-order valence-corrected chi connectivity index (χ2v) is 9.48. The van der Waals surface area contributed by atoms with E-state index in [1.54, 1.807) is 0 Å². The van der Waals surface area contributed by atoms with Gasteiger partial charge in [0.1, 0.15) is 30.5 Å². The number of likely N-dealkylation sites (N-methyl/N-ethyl adjacent to an activating group) is 1. The molecule has 0 saturated heterocycles. The summed E-state index contributed by atoms with van der Waals surface area (Å²) in [7, 11) is 0. The van der Waals surface area contributed by atoms with Crippen molar-refractivity contribution in [3.8, 4) is 0 Å². The number of nitrogens with zero attached hydrogens (tertiary/aromatic N) is 1. The molecular formula is C31H39NO5. The molecule has 0 heterocycles. The van der Waals surface area contributed by atoms with Crippen LogP contribution in [0.3, 0.4) is 0 Å². The third kappa shape index (κ3) is 7.05. The van der Waals surface area contributed by atoms with Crippen molar-refractivity contribution in [3.05, 3.63) is 108 Å². The Morgan fingerprint density at radius 3 is 1.19 bits per heavy atom. The zero-order valence-electron chi connectivity index (χ0n) is 21.7. The summed E-state index contributed by atoms with van der Waals surface area (Å²) in [6.07, 6.45) is -3.99. The lowest BCUT2D eigenvalue weighted by molar-refractivity contribution is -0.252. The van der Waals surface area contributed by atoms with Crippen molar-refractivity contribution >= 4 is 0 Å². The van der Waals surface area contributed by atoms with Crippen molar-refractivity contribution in [3.63, 3.8) is 0 Å². The Morgan fingerprint density at radius 1 is 0.541 bits per heavy atom. The average Bonchev–Trinajstić information content (AvgIpc) is 2.95. The topological polar surface area (TPSA) is 71.4 Å². The highest BCUT2D eigenvalue weighted by atomic mass is 16.6. The minimum absolute atomic E-state index is 0.317. The number of ether oxygens (including phenoxy) is 3. The van der Waals surface area contributed by atoms with Gasteiger partial charge in [0.15, 0.2) is 0 Å². The molecule has 3 aromatic carbocycles. The van der Waals surface area contributed by atoms with Crippen LogP contribution in [-0.2, 0) is 34.0 Å². The van der Waals surface area contributed by atoms with Crippen LogP contribution in [0.25, 0.3) is 0 Å². The van der Waals surface area contributed by atoms with Crippen molar-refractivity contribution in [2.24, 2.45) is 0 Å². The van der Waals surface area contributed by atoms with Gasteiger partial charge in [0.25, 0.3) is 0 Å². The van der Waals surface area contributed by atoms with E-state index in [4.69, 9.17) is 14.2 Å². The number of aliphatic hydroxyl groups is 2. The van der Waals surface area contributed by atoms with Gasteiger partial charge in [0.2, 0.25) is 0 Å². The van der Waals surface area contributed by atoms with Gasteiger partial charge in [-0.05, 0) is 29.8 Å². The van der Waals surface area contributed by atoms with Crippen molar-refractivity contribution in [1.29, 1.82) is 0 Å². The predicted molar refractivity (Wildman–Crippen MR) is 144 cm³/mol. The molecule has 0 amide bonds. The van der Waals surface area contributed by atoms with Gasteiger partial charge < -0.3 is 24.4 Å². The smallest absolute Gasteiger partial charge is 0.115 e. The van der Waals surface area contributed by atoms with Gasteiger partial charge in [-0.1, -0.05) is 105 Å². The van der Waals surface area contributed by atoms with Crippen molar-refractivity contribution in [2.75, 3.05) is 13.1 Å². The molecule has 6 atom stereocenters. The molecule has 1 fully saturated rings. The lowest BCUT2D eigenvalue weighted by atomic mass is 9.81. The lowest BCUT2D eigenvalue weighted by Crippen LogP contribution is -2.69. The van der Waals surface area contributed by atoms with Crippen molar-refractivity contribution < 1.29 is 24.4 Å². The van der Waals surface area contributed by atoms with E-state index < -0.39 is 36.6 Å². The molecule has 0 aromatic heterocycles. The van der Waals surface area contributed by atoms with Crippen LogP contribution in [0.15, 0.2) is 91.0 Å². The van der Waals surface area contributed by atoms with Gasteiger partial charge in [0, 0.05) is 0 Å². The van der Waals surface area contributed by atoms with Crippen LogP contribution < -0.4 is 0 Å². The second-order valence-electron chi connectivity index (χ2n) is 9.48. The summed E-state index contributed by atoms with van der Waals surface area (Å²) in [5.74, 6) is 0. The molecule has 6 heteroatoms. The first-order valence-corrected chi connectivity index (χ1v) is 13.2. The van der Waals surface area contributed by atoms with Crippen LogP contribution in [0, 0.1) is 0 Å². The number of hydrogen-bond donors (Lipinski definition) is 2. The fraction of sp³-hybridized carbons (Fsp3) is 0.419. The Hall–Kier alpha value is -2.58. The van der Waals surface area contributed by atoms with Crippen molar-refractivity contribution in [1.82, 2.24) is 4.90 Å². The first-order valence-electron chi connectivity index (χ1n) is 13.2. The second kappa shape index (κ2) is 13.8. The lowest BCUT2D eigenvalue weighted by Gasteiger charge is -2.50. The van der Waals surface area contributed by atoms with Crippen LogP contribution in [0.5, 0.6) is 0 Å². The van der Waals surface area contributed by atoms with E-state index in [2.05, 4.69) is 4.90 Å². The molecule has 0 radical (unpaired) electrons. The van der Waals surface area contributed by atoms with E-state index in [-0.39, 0.29) is 0 Å². The summed E-state index contributed by atoms with van der Waals surface area (Å²) >= 11 is 0. The molecule has 198 valence electrons. The van der Waals surface area contributed by atoms with Gasteiger partial charge in [-0.3, -0.25) is 4.90 Å². The first kappa shape index (κ1) is 27.5. The fourth-order valence-electron chi connectivity index (χ4n) is 5.12. The summed E-state index contributed by atoms with van der Waals surface area (Å²) < 4.78 is 19.2. The minimum Gasteiger partial charge on any atom is -0.389 e. The maximum absolute atomic E-state index is 11.6. The van der Waals surface area contributed by atoms with Gasteiger partial charge in [-0.25, -0.2) is 0 Å². The quantitative estimate of drug-likeness (QED) is 0.385. The average molecular weight is 506 g/mol. The van der Waals surface area contributed by atoms with Crippen LogP contribution >= 0.6 is 0 Å². The molecule has 2 N–H and O–H groups in total. The number of hydrogen-bond acceptors (Lipinski definition) is 6. The van der Waals surface area contributed by atoms with E-state index in [1.165, 1.54) is 0 Å². The maximum Gasteiger partial charge on any atom is 0.115 e. The van der Waals surface area contributed by atoms with Crippen LogP contribution in [0.2, 0.25) is 0 Å². The van der Waals surface area contributed by atoms with Gasteiger partial charge in [-0.2, -0.15) is 0 Å². The molecule has 2 unspecified atom stereocenters. The first-order chi connectivity index (χ1) is 18.1. The fourth-order valence-corrected chi connectivity index (χ4v) is 5.12.